The van der Waals surface area contributed by atoms with Crippen molar-refractivity contribution >= 4 is 34.0 Å². The molecular formula is C23H19ClN4O2S. The van der Waals surface area contributed by atoms with Gasteiger partial charge in [0, 0.05) is 28.6 Å². The Morgan fingerprint density at radius 1 is 1.10 bits per heavy atom. The molecule has 0 radical (unpaired) electrons. The lowest BCUT2D eigenvalue weighted by molar-refractivity contribution is 0.102. The molecule has 4 aromatic rings. The number of halogens is 1. The smallest absolute Gasteiger partial charge is 0.277 e. The molecule has 0 aliphatic carbocycles. The molecule has 0 fully saturated rings. The van der Waals surface area contributed by atoms with Crippen LogP contribution in [-0.4, -0.2) is 20.7 Å². The number of benzene rings is 2. The molecule has 8 heteroatoms. The van der Waals surface area contributed by atoms with Gasteiger partial charge in [-0.05, 0) is 35.7 Å². The zero-order valence-corrected chi connectivity index (χ0v) is 18.3. The molecule has 6 nitrogen and oxygen atoms in total. The highest BCUT2D eigenvalue weighted by Gasteiger charge is 2.13. The SMILES string of the molecule is Cc1ccc(Cc2cnc(NC(=O)c3ccc(=O)n(Cc4ccccc4)n3)s2)cc1Cl. The maximum Gasteiger partial charge on any atom is 0.277 e. The van der Waals surface area contributed by atoms with Crippen molar-refractivity contribution in [2.45, 2.75) is 19.9 Å². The van der Waals surface area contributed by atoms with E-state index in [9.17, 15) is 9.59 Å². The van der Waals surface area contributed by atoms with E-state index in [0.29, 0.717) is 18.1 Å². The number of nitrogens with one attached hydrogen (secondary N) is 1. The van der Waals surface area contributed by atoms with E-state index in [1.54, 1.807) is 6.20 Å². The molecule has 0 unspecified atom stereocenters. The quantitative estimate of drug-likeness (QED) is 0.467. The Morgan fingerprint density at radius 2 is 1.90 bits per heavy atom. The summed E-state index contributed by atoms with van der Waals surface area (Å²) in [5.74, 6) is -0.416. The van der Waals surface area contributed by atoms with Crippen LogP contribution in [0.4, 0.5) is 5.13 Å². The molecule has 2 heterocycles. The van der Waals surface area contributed by atoms with E-state index in [1.165, 1.54) is 28.2 Å². The Labute approximate surface area is 188 Å². The van der Waals surface area contributed by atoms with Gasteiger partial charge in [-0.1, -0.05) is 54.1 Å². The highest BCUT2D eigenvalue weighted by Crippen LogP contribution is 2.24. The summed E-state index contributed by atoms with van der Waals surface area (Å²) in [5.41, 5.74) is 2.91. The van der Waals surface area contributed by atoms with Gasteiger partial charge in [0.25, 0.3) is 11.5 Å². The lowest BCUT2D eigenvalue weighted by Crippen LogP contribution is -2.26. The highest BCUT2D eigenvalue weighted by molar-refractivity contribution is 7.15. The fourth-order valence-electron chi connectivity index (χ4n) is 3.00. The third-order valence-corrected chi connectivity index (χ3v) is 5.98. The van der Waals surface area contributed by atoms with Crippen molar-refractivity contribution in [3.8, 4) is 0 Å². The van der Waals surface area contributed by atoms with Crippen LogP contribution in [0.5, 0.6) is 0 Å². The molecule has 0 bridgehead atoms. The number of nitrogens with zero attached hydrogens (tertiary/aromatic N) is 3. The van der Waals surface area contributed by atoms with Crippen molar-refractivity contribution < 1.29 is 4.79 Å². The van der Waals surface area contributed by atoms with Gasteiger partial charge in [0.15, 0.2) is 5.13 Å². The molecule has 0 saturated heterocycles. The molecule has 0 aliphatic heterocycles. The summed E-state index contributed by atoms with van der Waals surface area (Å²) >= 11 is 7.58. The topological polar surface area (TPSA) is 76.9 Å². The van der Waals surface area contributed by atoms with Gasteiger partial charge in [-0.3, -0.25) is 14.9 Å². The summed E-state index contributed by atoms with van der Waals surface area (Å²) in [6.45, 7) is 2.25. The Kier molecular flexibility index (Phi) is 6.25. The second-order valence-corrected chi connectivity index (χ2v) is 8.57. The summed E-state index contributed by atoms with van der Waals surface area (Å²) in [5, 5.41) is 8.17. The number of hydrogen-bond acceptors (Lipinski definition) is 5. The molecule has 31 heavy (non-hydrogen) atoms. The van der Waals surface area contributed by atoms with Gasteiger partial charge in [0.05, 0.1) is 6.54 Å². The molecule has 156 valence electrons. The predicted octanol–water partition coefficient (Wildman–Crippen LogP) is 4.55. The summed E-state index contributed by atoms with van der Waals surface area (Å²) in [6.07, 6.45) is 2.41. The first kappa shape index (κ1) is 21.0. The largest absolute Gasteiger partial charge is 0.296 e. The maximum absolute atomic E-state index is 12.6. The molecule has 1 amide bonds. The van der Waals surface area contributed by atoms with Crippen LogP contribution in [-0.2, 0) is 13.0 Å². The van der Waals surface area contributed by atoms with Crippen molar-refractivity contribution in [3.63, 3.8) is 0 Å². The van der Waals surface area contributed by atoms with Crippen LogP contribution in [0.3, 0.4) is 0 Å². The van der Waals surface area contributed by atoms with Crippen molar-refractivity contribution in [3.05, 3.63) is 109 Å². The number of carbonyl (C=O) groups excluding carboxylic acids is 1. The molecule has 0 saturated carbocycles. The molecule has 0 atom stereocenters. The molecule has 0 spiro atoms. The Morgan fingerprint density at radius 3 is 2.68 bits per heavy atom. The van der Waals surface area contributed by atoms with Crippen LogP contribution in [0, 0.1) is 6.92 Å². The van der Waals surface area contributed by atoms with Gasteiger partial charge in [0.2, 0.25) is 0 Å². The van der Waals surface area contributed by atoms with Gasteiger partial charge in [0.1, 0.15) is 5.69 Å². The van der Waals surface area contributed by atoms with Crippen LogP contribution in [0.15, 0.2) is 71.7 Å². The van der Waals surface area contributed by atoms with E-state index in [4.69, 9.17) is 11.6 Å². The number of aromatic nitrogens is 3. The maximum atomic E-state index is 12.6. The minimum absolute atomic E-state index is 0.151. The molecule has 2 aromatic heterocycles. The van der Waals surface area contributed by atoms with Gasteiger partial charge in [-0.2, -0.15) is 5.10 Å². The minimum atomic E-state index is -0.416. The standard InChI is InChI=1S/C23H19ClN4O2S/c1-15-7-8-17(12-19(15)24)11-18-13-25-23(31-18)26-22(30)20-9-10-21(29)28(27-20)14-16-5-3-2-4-6-16/h2-10,12-13H,11,14H2,1H3,(H,25,26,30). The van der Waals surface area contributed by atoms with E-state index in [0.717, 1.165) is 26.6 Å². The number of carbonyl (C=O) groups is 1. The summed E-state index contributed by atoms with van der Waals surface area (Å²) in [7, 11) is 0. The Hall–Kier alpha value is -3.29. The van der Waals surface area contributed by atoms with Crippen molar-refractivity contribution in [2.75, 3.05) is 5.32 Å². The van der Waals surface area contributed by atoms with Gasteiger partial charge in [-0.25, -0.2) is 9.67 Å². The first-order valence-electron chi connectivity index (χ1n) is 9.61. The Bertz CT molecular complexity index is 1280. The van der Waals surface area contributed by atoms with Crippen molar-refractivity contribution in [2.24, 2.45) is 0 Å². The van der Waals surface area contributed by atoms with Gasteiger partial charge < -0.3 is 0 Å². The molecule has 0 aliphatic rings. The van der Waals surface area contributed by atoms with E-state index >= 15 is 0 Å². The predicted molar refractivity (Wildman–Crippen MR) is 123 cm³/mol. The molecule has 2 aromatic carbocycles. The van der Waals surface area contributed by atoms with Crippen LogP contribution >= 0.6 is 22.9 Å². The first-order valence-corrected chi connectivity index (χ1v) is 10.8. The lowest BCUT2D eigenvalue weighted by atomic mass is 10.1. The van der Waals surface area contributed by atoms with E-state index in [-0.39, 0.29) is 11.3 Å². The van der Waals surface area contributed by atoms with Crippen molar-refractivity contribution in [1.29, 1.82) is 0 Å². The average Bonchev–Trinajstić information content (AvgIpc) is 3.19. The Balaban J connectivity index is 1.45. The van der Waals surface area contributed by atoms with Gasteiger partial charge in [-0.15, -0.1) is 11.3 Å². The zero-order chi connectivity index (χ0) is 21.8. The average molecular weight is 451 g/mol. The minimum Gasteiger partial charge on any atom is -0.296 e. The van der Waals surface area contributed by atoms with E-state index in [1.807, 2.05) is 55.5 Å². The molecular weight excluding hydrogens is 432 g/mol. The summed E-state index contributed by atoms with van der Waals surface area (Å²) in [4.78, 5) is 30.0. The molecule has 1 N–H and O–H groups in total. The monoisotopic (exact) mass is 450 g/mol. The first-order chi connectivity index (χ1) is 15.0. The summed E-state index contributed by atoms with van der Waals surface area (Å²) < 4.78 is 1.28. The fraction of sp³-hybridized carbons (Fsp3) is 0.130. The van der Waals surface area contributed by atoms with E-state index in [2.05, 4.69) is 15.4 Å². The van der Waals surface area contributed by atoms with Gasteiger partial charge >= 0.3 is 0 Å². The number of rotatable bonds is 6. The highest BCUT2D eigenvalue weighted by atomic mass is 35.5. The van der Waals surface area contributed by atoms with Crippen LogP contribution < -0.4 is 10.9 Å². The second-order valence-electron chi connectivity index (χ2n) is 7.05. The van der Waals surface area contributed by atoms with Crippen LogP contribution in [0.25, 0.3) is 0 Å². The third kappa shape index (κ3) is 5.25. The van der Waals surface area contributed by atoms with Crippen LogP contribution in [0.1, 0.15) is 32.1 Å². The normalized spacial score (nSPS) is 10.8. The number of hydrogen-bond donors (Lipinski definition) is 1. The van der Waals surface area contributed by atoms with Crippen molar-refractivity contribution in [1.82, 2.24) is 14.8 Å². The molecule has 4 rings (SSSR count). The number of anilines is 1. The summed E-state index contributed by atoms with van der Waals surface area (Å²) in [6, 6.07) is 18.2. The number of aryl methyl sites for hydroxylation is 1. The number of amides is 1. The third-order valence-electron chi connectivity index (χ3n) is 4.66. The fourth-order valence-corrected chi connectivity index (χ4v) is 4.04. The van der Waals surface area contributed by atoms with Crippen LogP contribution in [0.2, 0.25) is 5.02 Å². The number of thiazole rings is 1. The second kappa shape index (κ2) is 9.24. The zero-order valence-electron chi connectivity index (χ0n) is 16.7. The lowest BCUT2D eigenvalue weighted by Gasteiger charge is -2.07. The van der Waals surface area contributed by atoms with E-state index < -0.39 is 5.91 Å².